The summed E-state index contributed by atoms with van der Waals surface area (Å²) in [6, 6.07) is 5.24. The molecule has 136 valence electrons. The zero-order valence-corrected chi connectivity index (χ0v) is 16.6. The number of aromatic nitrogens is 2. The number of thioether (sulfide) groups is 1. The number of carbonyl (C=O) groups excluding carboxylic acids is 1. The molecule has 5 nitrogen and oxygen atoms in total. The van der Waals surface area contributed by atoms with Gasteiger partial charge in [0.05, 0.1) is 16.7 Å². The molecule has 0 unspecified atom stereocenters. The molecule has 1 N–H and O–H groups in total. The molecular weight excluding hydrogens is 358 g/mol. The minimum absolute atomic E-state index is 0.0547. The van der Waals surface area contributed by atoms with Gasteiger partial charge in [0, 0.05) is 17.6 Å². The number of hydrogen-bond donors (Lipinski definition) is 1. The van der Waals surface area contributed by atoms with Crippen LogP contribution in [0.5, 0.6) is 0 Å². The molecule has 0 saturated heterocycles. The number of amides is 1. The monoisotopic (exact) mass is 381 g/mol. The Bertz CT molecular complexity index is 820. The smallest absolute Gasteiger partial charge is 0.262 e. The highest BCUT2D eigenvalue weighted by molar-refractivity contribution is 7.99. The maximum absolute atomic E-state index is 12.9. The Morgan fingerprint density at radius 1 is 1.36 bits per heavy atom. The van der Waals surface area contributed by atoms with Gasteiger partial charge >= 0.3 is 0 Å². The van der Waals surface area contributed by atoms with Crippen molar-refractivity contribution in [2.45, 2.75) is 51.9 Å². The van der Waals surface area contributed by atoms with Gasteiger partial charge < -0.3 is 5.32 Å². The van der Waals surface area contributed by atoms with Gasteiger partial charge in [0.2, 0.25) is 5.91 Å². The predicted molar refractivity (Wildman–Crippen MR) is 104 cm³/mol. The van der Waals surface area contributed by atoms with E-state index in [1.807, 2.05) is 27.7 Å². The summed E-state index contributed by atoms with van der Waals surface area (Å²) in [5, 5.41) is 4.50. The van der Waals surface area contributed by atoms with E-state index in [2.05, 4.69) is 10.3 Å². The number of hydrogen-bond acceptors (Lipinski definition) is 4. The van der Waals surface area contributed by atoms with Gasteiger partial charge in [-0.2, -0.15) is 0 Å². The second kappa shape index (κ2) is 8.72. The van der Waals surface area contributed by atoms with Gasteiger partial charge in [-0.3, -0.25) is 14.2 Å². The molecule has 7 heteroatoms. The summed E-state index contributed by atoms with van der Waals surface area (Å²) >= 11 is 7.31. The van der Waals surface area contributed by atoms with Crippen LogP contribution in [0.3, 0.4) is 0 Å². The van der Waals surface area contributed by atoms with E-state index >= 15 is 0 Å². The SMILES string of the molecule is CC[C@H](C)NC(=O)CSc1nc2ccc(Cl)cc2c(=O)n1CC(C)C. The Kier molecular flexibility index (Phi) is 6.90. The molecule has 0 radical (unpaired) electrons. The van der Waals surface area contributed by atoms with E-state index in [0.717, 1.165) is 6.42 Å². The number of rotatable bonds is 7. The first-order valence-electron chi connectivity index (χ1n) is 8.44. The normalized spacial score (nSPS) is 12.6. The molecule has 1 amide bonds. The van der Waals surface area contributed by atoms with E-state index in [4.69, 9.17) is 11.6 Å². The Balaban J connectivity index is 2.35. The van der Waals surface area contributed by atoms with E-state index in [1.165, 1.54) is 11.8 Å². The molecule has 1 aromatic carbocycles. The minimum Gasteiger partial charge on any atom is -0.353 e. The number of benzene rings is 1. The maximum atomic E-state index is 12.9. The Morgan fingerprint density at radius 3 is 2.72 bits per heavy atom. The van der Waals surface area contributed by atoms with Gasteiger partial charge in [-0.15, -0.1) is 0 Å². The zero-order chi connectivity index (χ0) is 18.6. The van der Waals surface area contributed by atoms with Crippen molar-refractivity contribution in [3.63, 3.8) is 0 Å². The lowest BCUT2D eigenvalue weighted by atomic mass is 10.2. The Labute approximate surface area is 157 Å². The van der Waals surface area contributed by atoms with E-state index in [0.29, 0.717) is 27.6 Å². The maximum Gasteiger partial charge on any atom is 0.262 e. The van der Waals surface area contributed by atoms with Crippen molar-refractivity contribution in [2.75, 3.05) is 5.75 Å². The molecule has 0 aliphatic rings. The average molecular weight is 382 g/mol. The first-order valence-corrected chi connectivity index (χ1v) is 9.80. The molecule has 25 heavy (non-hydrogen) atoms. The number of carbonyl (C=O) groups is 1. The van der Waals surface area contributed by atoms with Gasteiger partial charge in [0.25, 0.3) is 5.56 Å². The molecule has 1 heterocycles. The average Bonchev–Trinajstić information content (AvgIpc) is 2.56. The second-order valence-electron chi connectivity index (χ2n) is 6.53. The molecule has 0 saturated carbocycles. The fourth-order valence-electron chi connectivity index (χ4n) is 2.36. The molecule has 1 atom stereocenters. The van der Waals surface area contributed by atoms with Crippen molar-refractivity contribution in [1.29, 1.82) is 0 Å². The van der Waals surface area contributed by atoms with E-state index in [1.54, 1.807) is 22.8 Å². The molecule has 1 aromatic heterocycles. The van der Waals surface area contributed by atoms with Crippen LogP contribution in [0.15, 0.2) is 28.2 Å². The summed E-state index contributed by atoms with van der Waals surface area (Å²) in [7, 11) is 0. The molecule has 0 bridgehead atoms. The standard InChI is InChI=1S/C18H24ClN3O2S/c1-5-12(4)20-16(23)10-25-18-21-15-7-6-13(19)8-14(15)17(24)22(18)9-11(2)3/h6-8,11-12H,5,9-10H2,1-4H3,(H,20,23)/t12-/m0/s1. The minimum atomic E-state index is -0.119. The van der Waals surface area contributed by atoms with E-state index < -0.39 is 0 Å². The van der Waals surface area contributed by atoms with Crippen LogP contribution in [0.25, 0.3) is 10.9 Å². The van der Waals surface area contributed by atoms with Crippen LogP contribution in [0.1, 0.15) is 34.1 Å². The third kappa shape index (κ3) is 5.22. The first kappa shape index (κ1) is 19.8. The first-order chi connectivity index (χ1) is 11.8. The van der Waals surface area contributed by atoms with Crippen molar-refractivity contribution < 1.29 is 4.79 Å². The highest BCUT2D eigenvalue weighted by Crippen LogP contribution is 2.21. The summed E-state index contributed by atoms with van der Waals surface area (Å²) in [5.74, 6) is 0.457. The van der Waals surface area contributed by atoms with Crippen LogP contribution >= 0.6 is 23.4 Å². The highest BCUT2D eigenvalue weighted by Gasteiger charge is 2.15. The second-order valence-corrected chi connectivity index (χ2v) is 7.91. The molecule has 0 fully saturated rings. The topological polar surface area (TPSA) is 64.0 Å². The fourth-order valence-corrected chi connectivity index (χ4v) is 3.35. The molecule has 2 aromatic rings. The van der Waals surface area contributed by atoms with Gasteiger partial charge in [0.15, 0.2) is 5.16 Å². The van der Waals surface area contributed by atoms with Crippen molar-refractivity contribution in [1.82, 2.24) is 14.9 Å². The number of nitrogens with zero attached hydrogens (tertiary/aromatic N) is 2. The third-order valence-corrected chi connectivity index (χ3v) is 4.99. The van der Waals surface area contributed by atoms with Crippen LogP contribution in [-0.4, -0.2) is 27.3 Å². The molecular formula is C18H24ClN3O2S. The third-order valence-electron chi connectivity index (χ3n) is 3.78. The summed E-state index contributed by atoms with van der Waals surface area (Å²) < 4.78 is 1.64. The molecule has 0 aliphatic heterocycles. The number of nitrogens with one attached hydrogen (secondary N) is 1. The number of fused-ring (bicyclic) bond motifs is 1. The lowest BCUT2D eigenvalue weighted by Gasteiger charge is -2.15. The van der Waals surface area contributed by atoms with Crippen LogP contribution in [-0.2, 0) is 11.3 Å². The Hall–Kier alpha value is -1.53. The quantitative estimate of drug-likeness (QED) is 0.586. The predicted octanol–water partition coefficient (Wildman–Crippen LogP) is 3.71. The van der Waals surface area contributed by atoms with Crippen LogP contribution in [0, 0.1) is 5.92 Å². The molecule has 2 rings (SSSR count). The van der Waals surface area contributed by atoms with Crippen molar-refractivity contribution in [3.05, 3.63) is 33.6 Å². The van der Waals surface area contributed by atoms with Gasteiger partial charge in [-0.05, 0) is 37.5 Å². The van der Waals surface area contributed by atoms with Gasteiger partial charge in [-0.1, -0.05) is 44.1 Å². The van der Waals surface area contributed by atoms with Gasteiger partial charge in [-0.25, -0.2) is 4.98 Å². The summed E-state index contributed by atoms with van der Waals surface area (Å²) in [5.41, 5.74) is 0.477. The van der Waals surface area contributed by atoms with Crippen molar-refractivity contribution >= 4 is 40.2 Å². The lowest BCUT2D eigenvalue weighted by molar-refractivity contribution is -0.119. The lowest BCUT2D eigenvalue weighted by Crippen LogP contribution is -2.33. The van der Waals surface area contributed by atoms with Crippen LogP contribution in [0.2, 0.25) is 5.02 Å². The summed E-state index contributed by atoms with van der Waals surface area (Å²) in [6.45, 7) is 8.62. The van der Waals surface area contributed by atoms with Crippen LogP contribution < -0.4 is 10.9 Å². The van der Waals surface area contributed by atoms with Gasteiger partial charge in [0.1, 0.15) is 0 Å². The zero-order valence-electron chi connectivity index (χ0n) is 15.0. The largest absolute Gasteiger partial charge is 0.353 e. The van der Waals surface area contributed by atoms with E-state index in [9.17, 15) is 9.59 Å². The Morgan fingerprint density at radius 2 is 2.08 bits per heavy atom. The summed E-state index contributed by atoms with van der Waals surface area (Å²) in [6.07, 6.45) is 0.878. The fraction of sp³-hybridized carbons (Fsp3) is 0.500. The number of halogens is 1. The van der Waals surface area contributed by atoms with Crippen molar-refractivity contribution in [2.24, 2.45) is 5.92 Å². The highest BCUT2D eigenvalue weighted by atomic mass is 35.5. The summed E-state index contributed by atoms with van der Waals surface area (Å²) in [4.78, 5) is 29.5. The van der Waals surface area contributed by atoms with Crippen LogP contribution in [0.4, 0.5) is 0 Å². The van der Waals surface area contributed by atoms with E-state index in [-0.39, 0.29) is 29.2 Å². The molecule has 0 aliphatic carbocycles. The van der Waals surface area contributed by atoms with Crippen molar-refractivity contribution in [3.8, 4) is 0 Å². The molecule has 0 spiro atoms.